The van der Waals surface area contributed by atoms with E-state index < -0.39 is 8.07 Å². The first kappa shape index (κ1) is 19.1. The molecule has 0 fully saturated rings. The summed E-state index contributed by atoms with van der Waals surface area (Å²) in [6, 6.07) is 0. The SMILES string of the molecule is CCCCC#C/C(CC)=C(\C#C[Si](C)(C)C)CCCC. The summed E-state index contributed by atoms with van der Waals surface area (Å²) in [5.41, 5.74) is 6.09. The second-order valence-corrected chi connectivity index (χ2v) is 11.1. The first-order chi connectivity index (χ1) is 9.44. The molecule has 0 spiro atoms. The zero-order chi connectivity index (χ0) is 15.4. The van der Waals surface area contributed by atoms with Crippen molar-refractivity contribution >= 4 is 8.07 Å². The molecule has 0 saturated carbocycles. The van der Waals surface area contributed by atoms with Crippen molar-refractivity contribution in [2.45, 2.75) is 85.4 Å². The minimum atomic E-state index is -1.31. The Labute approximate surface area is 128 Å². The highest BCUT2D eigenvalue weighted by Crippen LogP contribution is 2.15. The molecule has 20 heavy (non-hydrogen) atoms. The van der Waals surface area contributed by atoms with Crippen LogP contribution < -0.4 is 0 Å². The van der Waals surface area contributed by atoms with E-state index in [2.05, 4.69) is 63.7 Å². The fraction of sp³-hybridized carbons (Fsp3) is 0.684. The van der Waals surface area contributed by atoms with Gasteiger partial charge >= 0.3 is 0 Å². The maximum Gasteiger partial charge on any atom is 0.129 e. The van der Waals surface area contributed by atoms with Gasteiger partial charge in [0.1, 0.15) is 8.07 Å². The molecule has 0 saturated heterocycles. The van der Waals surface area contributed by atoms with Crippen molar-refractivity contribution in [1.82, 2.24) is 0 Å². The van der Waals surface area contributed by atoms with E-state index in [1.54, 1.807) is 0 Å². The van der Waals surface area contributed by atoms with Crippen LogP contribution in [0, 0.1) is 23.3 Å². The quantitative estimate of drug-likeness (QED) is 0.321. The van der Waals surface area contributed by atoms with Crippen LogP contribution in [0.3, 0.4) is 0 Å². The minimum Gasteiger partial charge on any atom is -0.127 e. The molecule has 0 aliphatic heterocycles. The largest absolute Gasteiger partial charge is 0.129 e. The van der Waals surface area contributed by atoms with Crippen molar-refractivity contribution in [3.63, 3.8) is 0 Å². The van der Waals surface area contributed by atoms with Crippen LogP contribution in [0.4, 0.5) is 0 Å². The Hall–Kier alpha value is -0.923. The molecule has 0 bridgehead atoms. The normalized spacial score (nSPS) is 11.9. The Morgan fingerprint density at radius 3 is 2.00 bits per heavy atom. The Bertz CT molecular complexity index is 413. The van der Waals surface area contributed by atoms with Gasteiger partial charge in [-0.05, 0) is 25.7 Å². The average molecular weight is 289 g/mol. The van der Waals surface area contributed by atoms with Gasteiger partial charge in [-0.15, -0.1) is 5.54 Å². The lowest BCUT2D eigenvalue weighted by molar-refractivity contribution is 0.795. The summed E-state index contributed by atoms with van der Waals surface area (Å²) >= 11 is 0. The summed E-state index contributed by atoms with van der Waals surface area (Å²) in [6.45, 7) is 13.6. The summed E-state index contributed by atoms with van der Waals surface area (Å²) in [4.78, 5) is 0. The molecule has 0 heterocycles. The Kier molecular flexibility index (Phi) is 10.3. The van der Waals surface area contributed by atoms with Crippen LogP contribution in [0.15, 0.2) is 11.1 Å². The van der Waals surface area contributed by atoms with Crippen molar-refractivity contribution < 1.29 is 0 Å². The Balaban J connectivity index is 5.19. The molecule has 0 aromatic heterocycles. The maximum absolute atomic E-state index is 3.51. The van der Waals surface area contributed by atoms with Gasteiger partial charge in [0.2, 0.25) is 0 Å². The number of unbranched alkanes of at least 4 members (excludes halogenated alkanes) is 3. The zero-order valence-electron chi connectivity index (χ0n) is 14.4. The molecule has 0 nitrogen and oxygen atoms in total. The van der Waals surface area contributed by atoms with E-state index in [0.29, 0.717) is 0 Å². The van der Waals surface area contributed by atoms with Gasteiger partial charge < -0.3 is 0 Å². The zero-order valence-corrected chi connectivity index (χ0v) is 15.4. The topological polar surface area (TPSA) is 0 Å². The molecular weight excluding hydrogens is 256 g/mol. The molecule has 0 amide bonds. The van der Waals surface area contributed by atoms with Crippen LogP contribution in [0.25, 0.3) is 0 Å². The van der Waals surface area contributed by atoms with E-state index in [1.165, 1.54) is 36.8 Å². The van der Waals surface area contributed by atoms with Gasteiger partial charge in [0.05, 0.1) is 0 Å². The standard InChI is InChI=1S/C19H32Si/c1-7-10-12-13-15-18(9-3)19(14-11-8-2)16-17-20(4,5)6/h7-12,14H2,1-6H3/b19-18-. The van der Waals surface area contributed by atoms with Crippen molar-refractivity contribution in [2.24, 2.45) is 0 Å². The summed E-state index contributed by atoms with van der Waals surface area (Å²) in [7, 11) is -1.31. The minimum absolute atomic E-state index is 1.01. The van der Waals surface area contributed by atoms with E-state index in [1.807, 2.05) is 0 Å². The maximum atomic E-state index is 3.51. The molecule has 0 atom stereocenters. The molecule has 0 N–H and O–H groups in total. The van der Waals surface area contributed by atoms with Crippen LogP contribution in [-0.4, -0.2) is 8.07 Å². The monoisotopic (exact) mass is 288 g/mol. The average Bonchev–Trinajstić information content (AvgIpc) is 2.39. The molecule has 1 heteroatoms. The smallest absolute Gasteiger partial charge is 0.127 e. The van der Waals surface area contributed by atoms with Crippen LogP contribution >= 0.6 is 0 Å². The molecule has 0 aliphatic carbocycles. The lowest BCUT2D eigenvalue weighted by atomic mass is 10.0. The first-order valence-electron chi connectivity index (χ1n) is 8.18. The van der Waals surface area contributed by atoms with Gasteiger partial charge in [-0.3, -0.25) is 0 Å². The molecule has 0 unspecified atom stereocenters. The van der Waals surface area contributed by atoms with Crippen LogP contribution in [0.2, 0.25) is 19.6 Å². The van der Waals surface area contributed by atoms with E-state index in [-0.39, 0.29) is 0 Å². The summed E-state index contributed by atoms with van der Waals surface area (Å²) in [5, 5.41) is 0. The Morgan fingerprint density at radius 2 is 1.50 bits per heavy atom. The van der Waals surface area contributed by atoms with Gasteiger partial charge in [-0.1, -0.05) is 71.0 Å². The lowest BCUT2D eigenvalue weighted by Crippen LogP contribution is -2.16. The molecule has 112 valence electrons. The summed E-state index contributed by atoms with van der Waals surface area (Å²) < 4.78 is 0. The second kappa shape index (κ2) is 10.8. The molecule has 0 aliphatic rings. The number of hydrogen-bond acceptors (Lipinski definition) is 0. The van der Waals surface area contributed by atoms with E-state index in [0.717, 1.165) is 19.3 Å². The van der Waals surface area contributed by atoms with E-state index >= 15 is 0 Å². The first-order valence-corrected chi connectivity index (χ1v) is 11.7. The third-order valence-electron chi connectivity index (χ3n) is 2.98. The molecule has 0 aromatic carbocycles. The third-order valence-corrected chi connectivity index (χ3v) is 3.86. The highest BCUT2D eigenvalue weighted by molar-refractivity contribution is 6.83. The van der Waals surface area contributed by atoms with Crippen molar-refractivity contribution in [3.05, 3.63) is 11.1 Å². The fourth-order valence-electron chi connectivity index (χ4n) is 1.72. The second-order valence-electron chi connectivity index (χ2n) is 6.32. The van der Waals surface area contributed by atoms with Gasteiger partial charge in [-0.25, -0.2) is 0 Å². The number of rotatable bonds is 6. The van der Waals surface area contributed by atoms with Gasteiger partial charge in [0, 0.05) is 17.6 Å². The van der Waals surface area contributed by atoms with Gasteiger partial charge in [0.25, 0.3) is 0 Å². The predicted octanol–water partition coefficient (Wildman–Crippen LogP) is 5.96. The highest BCUT2D eigenvalue weighted by Gasteiger charge is 2.08. The summed E-state index contributed by atoms with van der Waals surface area (Å²) in [5.74, 6) is 10.2. The fourth-order valence-corrected chi connectivity index (χ4v) is 2.24. The van der Waals surface area contributed by atoms with E-state index in [4.69, 9.17) is 0 Å². The number of hydrogen-bond donors (Lipinski definition) is 0. The lowest BCUT2D eigenvalue weighted by Gasteiger charge is -2.07. The Morgan fingerprint density at radius 1 is 0.850 bits per heavy atom. The predicted molar refractivity (Wildman–Crippen MR) is 95.3 cm³/mol. The van der Waals surface area contributed by atoms with Crippen LogP contribution in [0.5, 0.6) is 0 Å². The highest BCUT2D eigenvalue weighted by atomic mass is 28.3. The molecule has 0 rings (SSSR count). The molecular formula is C19H32Si. The van der Waals surface area contributed by atoms with Crippen LogP contribution in [0.1, 0.15) is 65.7 Å². The number of allylic oxidation sites excluding steroid dienone is 2. The van der Waals surface area contributed by atoms with E-state index in [9.17, 15) is 0 Å². The molecule has 0 radical (unpaired) electrons. The third kappa shape index (κ3) is 9.94. The van der Waals surface area contributed by atoms with Crippen molar-refractivity contribution in [2.75, 3.05) is 0 Å². The van der Waals surface area contributed by atoms with Gasteiger partial charge in [-0.2, -0.15) is 0 Å². The van der Waals surface area contributed by atoms with Gasteiger partial charge in [0.15, 0.2) is 0 Å². The van der Waals surface area contributed by atoms with Crippen molar-refractivity contribution in [1.29, 1.82) is 0 Å². The molecule has 0 aromatic rings. The summed E-state index contributed by atoms with van der Waals surface area (Å²) in [6.07, 6.45) is 7.99. The van der Waals surface area contributed by atoms with Crippen LogP contribution in [-0.2, 0) is 0 Å². The van der Waals surface area contributed by atoms with Crippen molar-refractivity contribution in [3.8, 4) is 23.3 Å².